The van der Waals surface area contributed by atoms with Crippen molar-refractivity contribution in [2.75, 3.05) is 6.54 Å². The van der Waals surface area contributed by atoms with Crippen LogP contribution in [0.3, 0.4) is 0 Å². The highest BCUT2D eigenvalue weighted by molar-refractivity contribution is 5.92. The van der Waals surface area contributed by atoms with Crippen LogP contribution in [-0.2, 0) is 4.79 Å². The van der Waals surface area contributed by atoms with Crippen LogP contribution in [0.4, 0.5) is 0 Å². The number of hydrogen-bond acceptors (Lipinski definition) is 5. The maximum Gasteiger partial charge on any atom is 0.337 e. The number of hydrogen-bond donors (Lipinski definition) is 3. The van der Waals surface area contributed by atoms with Gasteiger partial charge >= 0.3 is 5.97 Å². The van der Waals surface area contributed by atoms with E-state index in [0.29, 0.717) is 5.69 Å². The Balaban J connectivity index is 2.67. The summed E-state index contributed by atoms with van der Waals surface area (Å²) in [7, 11) is 0. The van der Waals surface area contributed by atoms with E-state index in [2.05, 4.69) is 10.5 Å². The summed E-state index contributed by atoms with van der Waals surface area (Å²) in [6, 6.07) is 1.54. The molecular weight excluding hydrogens is 264 g/mol. The van der Waals surface area contributed by atoms with Crippen molar-refractivity contribution in [1.29, 1.82) is 0 Å². The van der Waals surface area contributed by atoms with Crippen LogP contribution in [0.15, 0.2) is 10.6 Å². The fraction of sp³-hybridized carbons (Fsp3) is 0.615. The average molecular weight is 284 g/mol. The van der Waals surface area contributed by atoms with Gasteiger partial charge in [0.1, 0.15) is 0 Å². The van der Waals surface area contributed by atoms with Gasteiger partial charge in [-0.2, -0.15) is 0 Å². The molecule has 3 N–H and O–H groups in total. The monoisotopic (exact) mass is 284 g/mol. The summed E-state index contributed by atoms with van der Waals surface area (Å²) in [5, 5.41) is 24.4. The maximum atomic E-state index is 11.8. The van der Waals surface area contributed by atoms with E-state index in [1.54, 1.807) is 6.07 Å². The fourth-order valence-corrected chi connectivity index (χ4v) is 1.71. The van der Waals surface area contributed by atoms with E-state index >= 15 is 0 Å². The minimum atomic E-state index is -2.02. The molecule has 0 radical (unpaired) electrons. The molecule has 0 aromatic carbocycles. The summed E-state index contributed by atoms with van der Waals surface area (Å²) in [6.07, 6.45) is 1.77. The molecule has 112 valence electrons. The van der Waals surface area contributed by atoms with E-state index in [-0.39, 0.29) is 11.7 Å². The van der Waals surface area contributed by atoms with Crippen molar-refractivity contribution in [3.05, 3.63) is 17.5 Å². The Kier molecular flexibility index (Phi) is 5.26. The van der Waals surface area contributed by atoms with Crippen molar-refractivity contribution >= 4 is 11.9 Å². The zero-order chi connectivity index (χ0) is 15.3. The third-order valence-corrected chi connectivity index (χ3v) is 3.21. The number of carboxylic acid groups (broad SMARTS) is 1. The molecule has 1 heterocycles. The highest BCUT2D eigenvalue weighted by Gasteiger charge is 2.31. The Hall–Kier alpha value is -1.89. The van der Waals surface area contributed by atoms with E-state index in [0.717, 1.165) is 19.8 Å². The number of aromatic nitrogens is 1. The van der Waals surface area contributed by atoms with Crippen LogP contribution in [0, 0.1) is 0 Å². The van der Waals surface area contributed by atoms with Crippen molar-refractivity contribution in [3.8, 4) is 0 Å². The topological polar surface area (TPSA) is 113 Å². The second-order valence-electron chi connectivity index (χ2n) is 4.89. The molecular formula is C13H20N2O5. The fourth-order valence-electron chi connectivity index (χ4n) is 1.71. The standard InChI is InChI=1S/C13H20N2O5/c1-4-8(5-2)9-6-10(20-15-9)11(16)14-7-13(3,19)12(17)18/h6,8,19H,4-5,7H2,1-3H3,(H,14,16)(H,17,18). The molecule has 1 atom stereocenters. The molecule has 1 aromatic rings. The summed E-state index contributed by atoms with van der Waals surface area (Å²) in [6.45, 7) is 4.73. The lowest BCUT2D eigenvalue weighted by Crippen LogP contribution is -2.46. The molecule has 0 saturated carbocycles. The number of rotatable bonds is 7. The average Bonchev–Trinajstić information content (AvgIpc) is 2.87. The van der Waals surface area contributed by atoms with Gasteiger partial charge in [0.15, 0.2) is 5.60 Å². The second kappa shape index (κ2) is 6.51. The quantitative estimate of drug-likeness (QED) is 0.692. The van der Waals surface area contributed by atoms with E-state index in [9.17, 15) is 14.7 Å². The van der Waals surface area contributed by atoms with Gasteiger partial charge in [-0.1, -0.05) is 19.0 Å². The van der Waals surface area contributed by atoms with Crippen LogP contribution in [0.1, 0.15) is 55.8 Å². The van der Waals surface area contributed by atoms with Gasteiger partial charge in [-0.25, -0.2) is 4.79 Å². The Bertz CT molecular complexity index is 477. The van der Waals surface area contributed by atoms with Crippen molar-refractivity contribution in [2.45, 2.75) is 45.1 Å². The normalized spacial score (nSPS) is 14.1. The zero-order valence-electron chi connectivity index (χ0n) is 11.8. The lowest BCUT2D eigenvalue weighted by molar-refractivity contribution is -0.155. The van der Waals surface area contributed by atoms with Crippen LogP contribution >= 0.6 is 0 Å². The number of carbonyl (C=O) groups excluding carboxylic acids is 1. The van der Waals surface area contributed by atoms with Gasteiger partial charge in [-0.05, 0) is 19.8 Å². The largest absolute Gasteiger partial charge is 0.479 e. The molecule has 0 spiro atoms. The van der Waals surface area contributed by atoms with E-state index in [1.165, 1.54) is 0 Å². The Morgan fingerprint density at radius 1 is 1.45 bits per heavy atom. The number of nitrogens with zero attached hydrogens (tertiary/aromatic N) is 1. The molecule has 20 heavy (non-hydrogen) atoms. The van der Waals surface area contributed by atoms with Crippen LogP contribution in [0.5, 0.6) is 0 Å². The van der Waals surface area contributed by atoms with Crippen LogP contribution in [0.2, 0.25) is 0 Å². The molecule has 0 saturated heterocycles. The first-order chi connectivity index (χ1) is 9.31. The molecule has 7 nitrogen and oxygen atoms in total. The molecule has 1 aromatic heterocycles. The number of carbonyl (C=O) groups is 2. The lowest BCUT2D eigenvalue weighted by atomic mass is 9.99. The van der Waals surface area contributed by atoms with E-state index < -0.39 is 24.0 Å². The van der Waals surface area contributed by atoms with Gasteiger partial charge in [0.2, 0.25) is 5.76 Å². The minimum Gasteiger partial charge on any atom is -0.479 e. The predicted octanol–water partition coefficient (Wildman–Crippen LogP) is 1.14. The summed E-state index contributed by atoms with van der Waals surface area (Å²) < 4.78 is 4.95. The molecule has 0 aliphatic carbocycles. The van der Waals surface area contributed by atoms with Crippen molar-refractivity contribution < 1.29 is 24.3 Å². The molecule has 0 bridgehead atoms. The van der Waals surface area contributed by atoms with Gasteiger partial charge in [-0.3, -0.25) is 4.79 Å². The van der Waals surface area contributed by atoms with Crippen LogP contribution in [-0.4, -0.2) is 39.4 Å². The number of nitrogens with one attached hydrogen (secondary N) is 1. The third kappa shape index (κ3) is 3.80. The third-order valence-electron chi connectivity index (χ3n) is 3.21. The highest BCUT2D eigenvalue weighted by atomic mass is 16.5. The minimum absolute atomic E-state index is 0.00749. The predicted molar refractivity (Wildman–Crippen MR) is 70.4 cm³/mol. The number of aliphatic carboxylic acids is 1. The molecule has 1 unspecified atom stereocenters. The van der Waals surface area contributed by atoms with Gasteiger partial charge in [-0.15, -0.1) is 0 Å². The number of aliphatic hydroxyl groups is 1. The van der Waals surface area contributed by atoms with E-state index in [4.69, 9.17) is 9.63 Å². The summed E-state index contributed by atoms with van der Waals surface area (Å²) >= 11 is 0. The Morgan fingerprint density at radius 2 is 2.05 bits per heavy atom. The molecule has 0 aliphatic rings. The molecule has 0 fully saturated rings. The second-order valence-corrected chi connectivity index (χ2v) is 4.89. The lowest BCUT2D eigenvalue weighted by Gasteiger charge is -2.17. The molecule has 0 aliphatic heterocycles. The Labute approximate surface area is 117 Å². The highest BCUT2D eigenvalue weighted by Crippen LogP contribution is 2.22. The number of amides is 1. The van der Waals surface area contributed by atoms with E-state index in [1.807, 2.05) is 13.8 Å². The van der Waals surface area contributed by atoms with Gasteiger partial charge in [0, 0.05) is 12.0 Å². The van der Waals surface area contributed by atoms with Crippen LogP contribution < -0.4 is 5.32 Å². The van der Waals surface area contributed by atoms with Crippen LogP contribution in [0.25, 0.3) is 0 Å². The first-order valence-corrected chi connectivity index (χ1v) is 6.52. The Morgan fingerprint density at radius 3 is 2.55 bits per heavy atom. The van der Waals surface area contributed by atoms with Crippen molar-refractivity contribution in [2.24, 2.45) is 0 Å². The molecule has 1 amide bonds. The van der Waals surface area contributed by atoms with Crippen molar-refractivity contribution in [1.82, 2.24) is 10.5 Å². The SMILES string of the molecule is CCC(CC)c1cc(C(=O)NCC(C)(O)C(=O)O)on1. The maximum absolute atomic E-state index is 11.8. The number of carboxylic acids is 1. The first kappa shape index (κ1) is 16.2. The van der Waals surface area contributed by atoms with Gasteiger partial charge in [0.05, 0.1) is 12.2 Å². The van der Waals surface area contributed by atoms with Crippen molar-refractivity contribution in [3.63, 3.8) is 0 Å². The summed E-state index contributed by atoms with van der Waals surface area (Å²) in [5.74, 6) is -1.78. The van der Waals surface area contributed by atoms with Gasteiger partial charge < -0.3 is 20.1 Å². The van der Waals surface area contributed by atoms with Gasteiger partial charge in [0.25, 0.3) is 5.91 Å². The summed E-state index contributed by atoms with van der Waals surface area (Å²) in [4.78, 5) is 22.5. The molecule has 7 heteroatoms. The first-order valence-electron chi connectivity index (χ1n) is 6.52. The zero-order valence-corrected chi connectivity index (χ0v) is 11.8. The smallest absolute Gasteiger partial charge is 0.337 e. The molecule has 1 rings (SSSR count). The summed E-state index contributed by atoms with van der Waals surface area (Å²) in [5.41, 5.74) is -1.32.